The maximum Gasteiger partial charge on any atom is 0.315 e. The van der Waals surface area contributed by atoms with Crippen LogP contribution in [-0.2, 0) is 16.1 Å². The molecule has 0 aliphatic carbocycles. The summed E-state index contributed by atoms with van der Waals surface area (Å²) in [6.45, 7) is 3.27. The highest BCUT2D eigenvalue weighted by atomic mass is 19.1. The number of hydrogen-bond donors (Lipinski definition) is 1. The van der Waals surface area contributed by atoms with Crippen LogP contribution >= 0.6 is 0 Å². The summed E-state index contributed by atoms with van der Waals surface area (Å²) >= 11 is 0. The second kappa shape index (κ2) is 9.36. The molecule has 0 unspecified atom stereocenters. The summed E-state index contributed by atoms with van der Waals surface area (Å²) in [5, 5.41) is 14.8. The number of carbonyl (C=O) groups is 1. The number of nitrogens with one attached hydrogen (secondary N) is 1. The number of ether oxygens (including phenoxy) is 1. The second-order valence-electron chi connectivity index (χ2n) is 6.93. The smallest absolute Gasteiger partial charge is 0.315 e. The van der Waals surface area contributed by atoms with E-state index in [1.807, 2.05) is 30.3 Å². The van der Waals surface area contributed by atoms with Crippen molar-refractivity contribution in [3.63, 3.8) is 0 Å². The Morgan fingerprint density at radius 2 is 1.97 bits per heavy atom. The van der Waals surface area contributed by atoms with Gasteiger partial charge in [-0.25, -0.2) is 4.39 Å². The molecule has 0 saturated carbocycles. The third-order valence-corrected chi connectivity index (χ3v) is 5.02. The minimum Gasteiger partial charge on any atom is -0.466 e. The van der Waals surface area contributed by atoms with E-state index >= 15 is 0 Å². The summed E-state index contributed by atoms with van der Waals surface area (Å²) < 4.78 is 19.4. The summed E-state index contributed by atoms with van der Waals surface area (Å²) in [4.78, 5) is 25.0. The first-order valence-corrected chi connectivity index (χ1v) is 9.67. The Hall–Kier alpha value is -3.16. The minimum atomic E-state index is -0.548. The normalized spacial score (nSPS) is 14.5. The molecule has 0 bridgehead atoms. The van der Waals surface area contributed by atoms with Gasteiger partial charge in [-0.15, -0.1) is 0 Å². The van der Waals surface area contributed by atoms with Gasteiger partial charge in [-0.05, 0) is 25.3 Å². The molecule has 2 aromatic rings. The Kier molecular flexibility index (Phi) is 6.64. The van der Waals surface area contributed by atoms with Crippen LogP contribution in [0.3, 0.4) is 0 Å². The summed E-state index contributed by atoms with van der Waals surface area (Å²) in [7, 11) is 0. The monoisotopic (exact) mass is 401 g/mol. The van der Waals surface area contributed by atoms with Crippen molar-refractivity contribution in [1.82, 2.24) is 0 Å². The average molecular weight is 401 g/mol. The molecule has 0 atom stereocenters. The van der Waals surface area contributed by atoms with Gasteiger partial charge >= 0.3 is 11.7 Å². The number of nitro benzene ring substituents is 1. The molecular weight excluding hydrogens is 377 g/mol. The number of hydrogen-bond acceptors (Lipinski definition) is 6. The van der Waals surface area contributed by atoms with Gasteiger partial charge in [0.15, 0.2) is 0 Å². The van der Waals surface area contributed by atoms with Gasteiger partial charge in [0.25, 0.3) is 0 Å². The fourth-order valence-electron chi connectivity index (χ4n) is 3.56. The summed E-state index contributed by atoms with van der Waals surface area (Å²) in [6.07, 6.45) is 1.03. The van der Waals surface area contributed by atoms with Gasteiger partial charge in [0.2, 0.25) is 0 Å². The maximum absolute atomic E-state index is 14.3. The zero-order valence-corrected chi connectivity index (χ0v) is 16.3. The van der Waals surface area contributed by atoms with E-state index in [2.05, 4.69) is 5.32 Å². The average Bonchev–Trinajstić information content (AvgIpc) is 2.72. The first-order valence-electron chi connectivity index (χ1n) is 9.67. The third kappa shape index (κ3) is 5.01. The van der Waals surface area contributed by atoms with Crippen molar-refractivity contribution < 1.29 is 18.8 Å². The summed E-state index contributed by atoms with van der Waals surface area (Å²) in [6, 6.07) is 11.7. The Labute approximate surface area is 168 Å². The maximum atomic E-state index is 14.3. The van der Waals surface area contributed by atoms with Crippen LogP contribution in [0.4, 0.5) is 21.5 Å². The van der Waals surface area contributed by atoms with Gasteiger partial charge < -0.3 is 15.0 Å². The molecule has 2 aromatic carbocycles. The fraction of sp³-hybridized carbons (Fsp3) is 0.381. The number of anilines is 2. The number of esters is 1. The van der Waals surface area contributed by atoms with E-state index in [1.165, 1.54) is 6.07 Å². The number of rotatable bonds is 7. The Balaban J connectivity index is 1.81. The molecule has 1 saturated heterocycles. The van der Waals surface area contributed by atoms with Crippen molar-refractivity contribution in [2.45, 2.75) is 26.3 Å². The van der Waals surface area contributed by atoms with Crippen LogP contribution in [-0.4, -0.2) is 30.6 Å². The summed E-state index contributed by atoms with van der Waals surface area (Å²) in [5.41, 5.74) is 1.15. The summed E-state index contributed by atoms with van der Waals surface area (Å²) in [5.74, 6) is -1.02. The van der Waals surface area contributed by atoms with Crippen molar-refractivity contribution in [3.05, 3.63) is 64.0 Å². The third-order valence-electron chi connectivity index (χ3n) is 5.02. The van der Waals surface area contributed by atoms with E-state index in [9.17, 15) is 19.3 Å². The quantitative estimate of drug-likeness (QED) is 0.427. The molecule has 1 heterocycles. The van der Waals surface area contributed by atoms with Crippen molar-refractivity contribution in [1.29, 1.82) is 0 Å². The molecule has 1 fully saturated rings. The number of benzene rings is 2. The van der Waals surface area contributed by atoms with E-state index in [0.717, 1.165) is 11.6 Å². The highest BCUT2D eigenvalue weighted by molar-refractivity contribution is 5.78. The predicted octanol–water partition coefficient (Wildman–Crippen LogP) is 4.13. The number of carbonyl (C=O) groups excluding carboxylic acids is 1. The van der Waals surface area contributed by atoms with Gasteiger partial charge in [-0.2, -0.15) is 0 Å². The molecule has 0 aromatic heterocycles. The van der Waals surface area contributed by atoms with Crippen LogP contribution in [0.5, 0.6) is 0 Å². The molecule has 0 amide bonds. The zero-order valence-electron chi connectivity index (χ0n) is 16.3. The Bertz CT molecular complexity index is 868. The number of nitro groups is 1. The van der Waals surface area contributed by atoms with Crippen LogP contribution in [0.1, 0.15) is 25.3 Å². The number of piperidine rings is 1. The van der Waals surface area contributed by atoms with E-state index in [0.29, 0.717) is 39.1 Å². The van der Waals surface area contributed by atoms with Crippen molar-refractivity contribution in [2.24, 2.45) is 5.92 Å². The van der Waals surface area contributed by atoms with Crippen LogP contribution in [0.2, 0.25) is 0 Å². The molecule has 29 heavy (non-hydrogen) atoms. The zero-order chi connectivity index (χ0) is 20.8. The van der Waals surface area contributed by atoms with Gasteiger partial charge in [0, 0.05) is 31.8 Å². The molecule has 1 aliphatic heterocycles. The lowest BCUT2D eigenvalue weighted by molar-refractivity contribution is -0.383. The van der Waals surface area contributed by atoms with Crippen LogP contribution in [0.15, 0.2) is 42.5 Å². The topological polar surface area (TPSA) is 84.7 Å². The Morgan fingerprint density at radius 1 is 1.28 bits per heavy atom. The van der Waals surface area contributed by atoms with Gasteiger partial charge in [-0.1, -0.05) is 30.3 Å². The molecule has 8 heteroatoms. The molecular formula is C21H24FN3O4. The van der Waals surface area contributed by atoms with Gasteiger partial charge in [-0.3, -0.25) is 14.9 Å². The molecule has 3 rings (SSSR count). The lowest BCUT2D eigenvalue weighted by atomic mass is 9.96. The molecule has 154 valence electrons. The SMILES string of the molecule is CCOC(=O)C1CCN(c2cc(F)cc(NCc3ccccc3)c2[N+](=O)[O-])CC1. The molecule has 1 aliphatic rings. The van der Waals surface area contributed by atoms with Gasteiger partial charge in [0.1, 0.15) is 17.2 Å². The first-order chi connectivity index (χ1) is 14.0. The van der Waals surface area contributed by atoms with Crippen LogP contribution in [0, 0.1) is 21.8 Å². The molecule has 1 N–H and O–H groups in total. The van der Waals surface area contributed by atoms with E-state index in [4.69, 9.17) is 4.74 Å². The molecule has 7 nitrogen and oxygen atoms in total. The highest BCUT2D eigenvalue weighted by Gasteiger charge is 2.31. The molecule has 0 spiro atoms. The minimum absolute atomic E-state index is 0.140. The van der Waals surface area contributed by atoms with E-state index in [-0.39, 0.29) is 28.9 Å². The largest absolute Gasteiger partial charge is 0.466 e. The number of halogens is 1. The van der Waals surface area contributed by atoms with Crippen molar-refractivity contribution in [3.8, 4) is 0 Å². The van der Waals surface area contributed by atoms with E-state index < -0.39 is 10.7 Å². The fourth-order valence-corrected chi connectivity index (χ4v) is 3.56. The van der Waals surface area contributed by atoms with Crippen molar-refractivity contribution >= 4 is 23.0 Å². The lowest BCUT2D eigenvalue weighted by Crippen LogP contribution is -2.37. The lowest BCUT2D eigenvalue weighted by Gasteiger charge is -2.32. The van der Waals surface area contributed by atoms with Crippen LogP contribution < -0.4 is 10.2 Å². The van der Waals surface area contributed by atoms with E-state index in [1.54, 1.807) is 11.8 Å². The predicted molar refractivity (Wildman–Crippen MR) is 108 cm³/mol. The number of nitrogens with zero attached hydrogens (tertiary/aromatic N) is 2. The van der Waals surface area contributed by atoms with Crippen LogP contribution in [0.25, 0.3) is 0 Å². The second-order valence-corrected chi connectivity index (χ2v) is 6.93. The van der Waals surface area contributed by atoms with Crippen molar-refractivity contribution in [2.75, 3.05) is 29.9 Å². The highest BCUT2D eigenvalue weighted by Crippen LogP contribution is 2.38. The molecule has 0 radical (unpaired) electrons. The standard InChI is InChI=1S/C21H24FN3O4/c1-2-29-21(26)16-8-10-24(11-9-16)19-13-17(22)12-18(20(19)25(27)28)23-14-15-6-4-3-5-7-15/h3-7,12-13,16,23H,2,8-11,14H2,1H3. The van der Waals surface area contributed by atoms with Gasteiger partial charge in [0.05, 0.1) is 17.4 Å². The first kappa shape index (κ1) is 20.6. The Morgan fingerprint density at radius 3 is 2.59 bits per heavy atom.